The van der Waals surface area contributed by atoms with E-state index in [-0.39, 0.29) is 0 Å². The second-order valence-corrected chi connectivity index (χ2v) is 13.5. The van der Waals surface area contributed by atoms with Crippen LogP contribution >= 0.6 is 7.26 Å². The molecule has 1 heteroatoms. The second-order valence-electron chi connectivity index (χ2n) is 8.73. The Kier molecular flexibility index (Phi) is 18.1. The number of unbranched alkanes of at least 4 members (excludes halogenated alkanes) is 12. The third-order valence-corrected chi connectivity index (χ3v) is 12.0. The highest BCUT2D eigenvalue weighted by molar-refractivity contribution is 7.76. The van der Waals surface area contributed by atoms with Crippen LogP contribution in [-0.2, 0) is 0 Å². The Labute approximate surface area is 162 Å². The van der Waals surface area contributed by atoms with Gasteiger partial charge in [0.25, 0.3) is 0 Å². The Morgan fingerprint density at radius 3 is 0.960 bits per heavy atom. The van der Waals surface area contributed by atoms with Crippen molar-refractivity contribution in [1.82, 2.24) is 0 Å². The first-order valence-corrected chi connectivity index (χ1v) is 14.4. The van der Waals surface area contributed by atoms with Crippen molar-refractivity contribution in [2.24, 2.45) is 0 Å². The molecule has 0 nitrogen and oxygen atoms in total. The van der Waals surface area contributed by atoms with Crippen molar-refractivity contribution in [3.63, 3.8) is 0 Å². The molecule has 0 bridgehead atoms. The van der Waals surface area contributed by atoms with E-state index in [4.69, 9.17) is 0 Å². The molecule has 0 aliphatic carbocycles. The lowest BCUT2D eigenvalue weighted by atomic mass is 10.2. The van der Waals surface area contributed by atoms with Crippen LogP contribution in [0.15, 0.2) is 0 Å². The molecular formula is C24H52P+. The van der Waals surface area contributed by atoms with E-state index in [9.17, 15) is 0 Å². The van der Waals surface area contributed by atoms with E-state index < -0.39 is 7.26 Å². The maximum absolute atomic E-state index is 2.57. The van der Waals surface area contributed by atoms with Crippen molar-refractivity contribution in [3.8, 4) is 0 Å². The summed E-state index contributed by atoms with van der Waals surface area (Å²) in [6.45, 7) is 12.1. The normalized spacial score (nSPS) is 12.2. The summed E-state index contributed by atoms with van der Waals surface area (Å²) in [6.07, 6.45) is 26.8. The fraction of sp³-hybridized carbons (Fsp3) is 1.00. The van der Waals surface area contributed by atoms with Crippen molar-refractivity contribution in [1.29, 1.82) is 0 Å². The van der Waals surface area contributed by atoms with Gasteiger partial charge in [-0.2, -0.15) is 0 Å². The molecular weight excluding hydrogens is 319 g/mol. The van der Waals surface area contributed by atoms with Crippen molar-refractivity contribution >= 4 is 7.26 Å². The predicted octanol–water partition coefficient (Wildman–Crippen LogP) is 9.32. The fourth-order valence-corrected chi connectivity index (χ4v) is 8.98. The van der Waals surface area contributed by atoms with E-state index >= 15 is 0 Å². The van der Waals surface area contributed by atoms with Crippen LogP contribution in [0, 0.1) is 0 Å². The standard InChI is InChI=1S/C24H52P/c1-6-9-12-15-18-21-25(24(4)5,22-19-16-13-10-7-2)23-20-17-14-11-8-3/h24H,6-23H2,1-5H3/q+1. The van der Waals surface area contributed by atoms with Gasteiger partial charge in [0.05, 0.1) is 24.1 Å². The average Bonchev–Trinajstić information content (AvgIpc) is 2.60. The minimum atomic E-state index is -0.714. The lowest BCUT2D eigenvalue weighted by Crippen LogP contribution is -2.18. The Balaban J connectivity index is 4.46. The molecule has 152 valence electrons. The topological polar surface area (TPSA) is 0 Å². The third-order valence-electron chi connectivity index (χ3n) is 6.22. The van der Waals surface area contributed by atoms with E-state index in [2.05, 4.69) is 34.6 Å². The van der Waals surface area contributed by atoms with Crippen LogP contribution in [0.3, 0.4) is 0 Å². The van der Waals surface area contributed by atoms with E-state index in [1.54, 1.807) is 18.5 Å². The third kappa shape index (κ3) is 13.3. The molecule has 0 aliphatic rings. The van der Waals surface area contributed by atoms with Crippen LogP contribution < -0.4 is 0 Å². The molecule has 0 aromatic carbocycles. The van der Waals surface area contributed by atoms with Crippen molar-refractivity contribution in [3.05, 3.63) is 0 Å². The lowest BCUT2D eigenvalue weighted by molar-refractivity contribution is 0.641. The van der Waals surface area contributed by atoms with Crippen LogP contribution in [0.2, 0.25) is 0 Å². The molecule has 0 saturated carbocycles. The summed E-state index contributed by atoms with van der Waals surface area (Å²) in [7, 11) is -0.714. The quantitative estimate of drug-likeness (QED) is 0.157. The molecule has 0 atom stereocenters. The maximum atomic E-state index is 2.57. The fourth-order valence-electron chi connectivity index (χ4n) is 4.20. The Morgan fingerprint density at radius 2 is 0.720 bits per heavy atom. The predicted molar refractivity (Wildman–Crippen MR) is 123 cm³/mol. The molecule has 0 unspecified atom stereocenters. The van der Waals surface area contributed by atoms with Gasteiger partial charge in [0, 0.05) is 7.26 Å². The molecule has 0 aromatic heterocycles. The number of hydrogen-bond donors (Lipinski definition) is 0. The van der Waals surface area contributed by atoms with Gasteiger partial charge in [-0.3, -0.25) is 0 Å². The van der Waals surface area contributed by atoms with Gasteiger partial charge < -0.3 is 0 Å². The van der Waals surface area contributed by atoms with Gasteiger partial charge in [0.2, 0.25) is 0 Å². The summed E-state index contributed by atoms with van der Waals surface area (Å²) in [5.74, 6) is 0. The Morgan fingerprint density at radius 1 is 0.440 bits per heavy atom. The molecule has 25 heavy (non-hydrogen) atoms. The highest BCUT2D eigenvalue weighted by Crippen LogP contribution is 2.64. The molecule has 0 saturated heterocycles. The van der Waals surface area contributed by atoms with Crippen LogP contribution in [0.5, 0.6) is 0 Å². The second kappa shape index (κ2) is 17.8. The maximum Gasteiger partial charge on any atom is 0.0641 e. The molecule has 0 spiro atoms. The molecule has 0 aromatic rings. The summed E-state index contributed by atoms with van der Waals surface area (Å²) >= 11 is 0. The largest absolute Gasteiger partial charge is 0.0654 e. The zero-order valence-corrected chi connectivity index (χ0v) is 19.6. The summed E-state index contributed by atoms with van der Waals surface area (Å²) < 4.78 is 0. The molecule has 0 heterocycles. The smallest absolute Gasteiger partial charge is 0.0641 e. The van der Waals surface area contributed by atoms with E-state index in [1.807, 2.05) is 0 Å². The molecule has 0 aliphatic heterocycles. The Hall–Kier alpha value is 0.430. The summed E-state index contributed by atoms with van der Waals surface area (Å²) in [6, 6.07) is 0. The minimum absolute atomic E-state index is 0.714. The number of rotatable bonds is 19. The van der Waals surface area contributed by atoms with Crippen LogP contribution in [0.4, 0.5) is 0 Å². The summed E-state index contributed by atoms with van der Waals surface area (Å²) in [5.41, 5.74) is 0.969. The average molecular weight is 372 g/mol. The first kappa shape index (κ1) is 25.4. The molecule has 0 fully saturated rings. The molecule has 0 rings (SSSR count). The monoisotopic (exact) mass is 371 g/mol. The van der Waals surface area contributed by atoms with Gasteiger partial charge in [-0.15, -0.1) is 0 Å². The van der Waals surface area contributed by atoms with Crippen LogP contribution in [0.25, 0.3) is 0 Å². The molecule has 0 amide bonds. The first-order valence-electron chi connectivity index (χ1n) is 12.0. The zero-order chi connectivity index (χ0) is 18.8. The minimum Gasteiger partial charge on any atom is -0.0654 e. The van der Waals surface area contributed by atoms with Crippen LogP contribution in [0.1, 0.15) is 131 Å². The van der Waals surface area contributed by atoms with Crippen molar-refractivity contribution < 1.29 is 0 Å². The molecule has 0 N–H and O–H groups in total. The van der Waals surface area contributed by atoms with Gasteiger partial charge >= 0.3 is 0 Å². The van der Waals surface area contributed by atoms with Gasteiger partial charge in [-0.1, -0.05) is 78.6 Å². The van der Waals surface area contributed by atoms with E-state index in [1.165, 1.54) is 96.3 Å². The van der Waals surface area contributed by atoms with Crippen molar-refractivity contribution in [2.75, 3.05) is 18.5 Å². The van der Waals surface area contributed by atoms with Gasteiger partial charge in [0.1, 0.15) is 0 Å². The van der Waals surface area contributed by atoms with Crippen molar-refractivity contribution in [2.45, 2.75) is 137 Å². The molecule has 0 radical (unpaired) electrons. The van der Waals surface area contributed by atoms with Gasteiger partial charge in [0.15, 0.2) is 0 Å². The zero-order valence-electron chi connectivity index (χ0n) is 18.8. The van der Waals surface area contributed by atoms with Gasteiger partial charge in [-0.05, 0) is 52.4 Å². The van der Waals surface area contributed by atoms with E-state index in [0.29, 0.717) is 0 Å². The Bertz CT molecular complexity index is 223. The van der Waals surface area contributed by atoms with E-state index in [0.717, 1.165) is 5.66 Å². The number of hydrogen-bond acceptors (Lipinski definition) is 0. The summed E-state index contributed by atoms with van der Waals surface area (Å²) in [5, 5.41) is 0. The summed E-state index contributed by atoms with van der Waals surface area (Å²) in [4.78, 5) is 0. The first-order chi connectivity index (χ1) is 12.1. The highest BCUT2D eigenvalue weighted by atomic mass is 31.2. The van der Waals surface area contributed by atoms with Crippen LogP contribution in [-0.4, -0.2) is 24.1 Å². The SMILES string of the molecule is CCCCCCC[P+](CCCCCCC)(CCCCCCC)C(C)C. The highest BCUT2D eigenvalue weighted by Gasteiger charge is 2.38. The van der Waals surface area contributed by atoms with Gasteiger partial charge in [-0.25, -0.2) is 0 Å². The lowest BCUT2D eigenvalue weighted by Gasteiger charge is -2.32.